The topological polar surface area (TPSA) is 79.4 Å². The van der Waals surface area contributed by atoms with Crippen LogP contribution in [0.2, 0.25) is 0 Å². The maximum Gasteiger partial charge on any atom is 0.358 e. The third-order valence-electron chi connectivity index (χ3n) is 2.08. The summed E-state index contributed by atoms with van der Waals surface area (Å²) in [6, 6.07) is 0. The highest BCUT2D eigenvalue weighted by Crippen LogP contribution is 2.06. The van der Waals surface area contributed by atoms with Gasteiger partial charge in [-0.2, -0.15) is 0 Å². The molecular formula is C12H21N3O3. The van der Waals surface area contributed by atoms with Crippen LogP contribution < -0.4 is 5.73 Å². The molecule has 1 heterocycles. The molecule has 2 N–H and O–H groups in total. The molecule has 0 spiro atoms. The summed E-state index contributed by atoms with van der Waals surface area (Å²) in [5.74, 6) is -0.441. The first-order valence-corrected chi connectivity index (χ1v) is 5.95. The van der Waals surface area contributed by atoms with Gasteiger partial charge in [-0.1, -0.05) is 0 Å². The molecule has 6 nitrogen and oxygen atoms in total. The molecule has 6 heteroatoms. The fourth-order valence-electron chi connectivity index (χ4n) is 1.29. The summed E-state index contributed by atoms with van der Waals surface area (Å²) in [7, 11) is 0. The highest BCUT2D eigenvalue weighted by atomic mass is 16.6. The average Bonchev–Trinajstić information content (AvgIpc) is 2.72. The van der Waals surface area contributed by atoms with Gasteiger partial charge in [0.2, 0.25) is 0 Å². The zero-order valence-electron chi connectivity index (χ0n) is 11.2. The third kappa shape index (κ3) is 5.29. The Morgan fingerprint density at radius 3 is 2.78 bits per heavy atom. The summed E-state index contributed by atoms with van der Waals surface area (Å²) in [4.78, 5) is 15.6. The molecule has 0 unspecified atom stereocenters. The molecule has 0 saturated heterocycles. The molecule has 0 saturated carbocycles. The second kappa shape index (κ2) is 6.51. The van der Waals surface area contributed by atoms with Crippen LogP contribution >= 0.6 is 0 Å². The summed E-state index contributed by atoms with van der Waals surface area (Å²) in [5.41, 5.74) is 5.47. The van der Waals surface area contributed by atoms with Crippen LogP contribution in [0.4, 0.5) is 0 Å². The number of hydrogen-bond acceptors (Lipinski definition) is 5. The van der Waals surface area contributed by atoms with Crippen molar-refractivity contribution in [3.05, 3.63) is 18.2 Å². The van der Waals surface area contributed by atoms with Crippen LogP contribution in [0.5, 0.6) is 0 Å². The molecular weight excluding hydrogens is 234 g/mol. The molecule has 0 atom stereocenters. The minimum atomic E-state index is -0.441. The molecule has 0 bridgehead atoms. The van der Waals surface area contributed by atoms with E-state index in [4.69, 9.17) is 15.2 Å². The Labute approximate surface area is 107 Å². The highest BCUT2D eigenvalue weighted by Gasteiger charge is 2.13. The summed E-state index contributed by atoms with van der Waals surface area (Å²) >= 11 is 0. The molecule has 1 aromatic rings. The minimum Gasteiger partial charge on any atom is -0.458 e. The van der Waals surface area contributed by atoms with E-state index in [2.05, 4.69) is 4.98 Å². The number of hydrogen-bond donors (Lipinski definition) is 1. The van der Waals surface area contributed by atoms with Crippen molar-refractivity contribution in [3.63, 3.8) is 0 Å². The van der Waals surface area contributed by atoms with Gasteiger partial charge in [-0.3, -0.25) is 0 Å². The molecule has 0 aliphatic carbocycles. The van der Waals surface area contributed by atoms with Crippen LogP contribution in [-0.2, 0) is 16.0 Å². The second-order valence-corrected chi connectivity index (χ2v) is 4.88. The van der Waals surface area contributed by atoms with E-state index >= 15 is 0 Å². The van der Waals surface area contributed by atoms with E-state index in [0.29, 0.717) is 25.4 Å². The van der Waals surface area contributed by atoms with Crippen LogP contribution in [0.15, 0.2) is 12.5 Å². The van der Waals surface area contributed by atoms with E-state index in [1.54, 1.807) is 17.1 Å². The van der Waals surface area contributed by atoms with Gasteiger partial charge in [-0.25, -0.2) is 9.78 Å². The van der Waals surface area contributed by atoms with Crippen LogP contribution in [0, 0.1) is 0 Å². The van der Waals surface area contributed by atoms with Crippen molar-refractivity contribution in [1.29, 1.82) is 0 Å². The molecule has 0 aliphatic heterocycles. The van der Waals surface area contributed by atoms with Gasteiger partial charge in [0.15, 0.2) is 5.69 Å². The average molecular weight is 255 g/mol. The SMILES string of the molecule is CC(C)(C)OCCOC(=O)c1cn(CCN)cn1. The summed E-state index contributed by atoms with van der Waals surface area (Å²) in [6.45, 7) is 7.58. The molecule has 0 aromatic carbocycles. The van der Waals surface area contributed by atoms with Crippen molar-refractivity contribution in [2.75, 3.05) is 19.8 Å². The fourth-order valence-corrected chi connectivity index (χ4v) is 1.29. The summed E-state index contributed by atoms with van der Waals surface area (Å²) in [5, 5.41) is 0. The van der Waals surface area contributed by atoms with Gasteiger partial charge in [0.1, 0.15) is 6.61 Å². The predicted molar refractivity (Wildman–Crippen MR) is 67.3 cm³/mol. The maximum atomic E-state index is 11.6. The van der Waals surface area contributed by atoms with Gasteiger partial charge in [0.25, 0.3) is 0 Å². The first-order chi connectivity index (χ1) is 8.42. The Bertz CT molecular complexity index is 382. The molecule has 0 fully saturated rings. The van der Waals surface area contributed by atoms with Gasteiger partial charge in [0, 0.05) is 19.3 Å². The number of imidazole rings is 1. The fraction of sp³-hybridized carbons (Fsp3) is 0.667. The summed E-state index contributed by atoms with van der Waals surface area (Å²) in [6.07, 6.45) is 3.19. The molecule has 0 amide bonds. The molecule has 1 rings (SSSR count). The number of aromatic nitrogens is 2. The molecule has 0 aliphatic rings. The monoisotopic (exact) mass is 255 g/mol. The van der Waals surface area contributed by atoms with Crippen molar-refractivity contribution in [1.82, 2.24) is 9.55 Å². The Balaban J connectivity index is 2.31. The second-order valence-electron chi connectivity index (χ2n) is 4.88. The largest absolute Gasteiger partial charge is 0.458 e. The van der Waals surface area contributed by atoms with Gasteiger partial charge in [0.05, 0.1) is 18.5 Å². The van der Waals surface area contributed by atoms with Gasteiger partial charge < -0.3 is 19.8 Å². The van der Waals surface area contributed by atoms with Crippen molar-refractivity contribution < 1.29 is 14.3 Å². The zero-order chi connectivity index (χ0) is 13.6. The van der Waals surface area contributed by atoms with Crippen molar-refractivity contribution in [3.8, 4) is 0 Å². The van der Waals surface area contributed by atoms with Crippen molar-refractivity contribution in [2.45, 2.75) is 32.9 Å². The standard InChI is InChI=1S/C12H21N3O3/c1-12(2,3)18-7-6-17-11(16)10-8-15(5-4-13)9-14-10/h8-9H,4-7,13H2,1-3H3. The third-order valence-corrected chi connectivity index (χ3v) is 2.08. The van der Waals surface area contributed by atoms with Crippen molar-refractivity contribution in [2.24, 2.45) is 5.73 Å². The number of ether oxygens (including phenoxy) is 2. The van der Waals surface area contributed by atoms with Crippen molar-refractivity contribution >= 4 is 5.97 Å². The molecule has 0 radical (unpaired) electrons. The number of carbonyl (C=O) groups is 1. The molecule has 1 aromatic heterocycles. The lowest BCUT2D eigenvalue weighted by Gasteiger charge is -2.19. The number of carbonyl (C=O) groups excluding carboxylic acids is 1. The van der Waals surface area contributed by atoms with Crippen LogP contribution in [0.1, 0.15) is 31.3 Å². The Morgan fingerprint density at radius 2 is 2.17 bits per heavy atom. The Hall–Kier alpha value is -1.40. The number of nitrogens with two attached hydrogens (primary N) is 1. The first kappa shape index (κ1) is 14.7. The van der Waals surface area contributed by atoms with Gasteiger partial charge >= 0.3 is 5.97 Å². The predicted octanol–water partition coefficient (Wildman–Crippen LogP) is 0.814. The minimum absolute atomic E-state index is 0.222. The van der Waals surface area contributed by atoms with E-state index in [0.717, 1.165) is 0 Å². The van der Waals surface area contributed by atoms with Crippen LogP contribution in [0.25, 0.3) is 0 Å². The molecule has 102 valence electrons. The van der Waals surface area contributed by atoms with E-state index in [1.807, 2.05) is 20.8 Å². The smallest absolute Gasteiger partial charge is 0.358 e. The van der Waals surface area contributed by atoms with Gasteiger partial charge in [-0.05, 0) is 20.8 Å². The Morgan fingerprint density at radius 1 is 1.44 bits per heavy atom. The quantitative estimate of drug-likeness (QED) is 0.601. The van der Waals surface area contributed by atoms with Crippen LogP contribution in [0.3, 0.4) is 0 Å². The van der Waals surface area contributed by atoms with E-state index < -0.39 is 5.97 Å². The number of rotatable bonds is 6. The number of esters is 1. The zero-order valence-corrected chi connectivity index (χ0v) is 11.2. The first-order valence-electron chi connectivity index (χ1n) is 5.95. The van der Waals surface area contributed by atoms with Gasteiger partial charge in [-0.15, -0.1) is 0 Å². The van der Waals surface area contributed by atoms with E-state index in [-0.39, 0.29) is 12.2 Å². The highest BCUT2D eigenvalue weighted by molar-refractivity contribution is 5.86. The lowest BCUT2D eigenvalue weighted by Crippen LogP contribution is -2.22. The maximum absolute atomic E-state index is 11.6. The molecule has 18 heavy (non-hydrogen) atoms. The lowest BCUT2D eigenvalue weighted by molar-refractivity contribution is -0.0283. The van der Waals surface area contributed by atoms with E-state index in [9.17, 15) is 4.79 Å². The van der Waals surface area contributed by atoms with Crippen LogP contribution in [-0.4, -0.2) is 40.9 Å². The number of nitrogens with zero attached hydrogens (tertiary/aromatic N) is 2. The summed E-state index contributed by atoms with van der Waals surface area (Å²) < 4.78 is 12.2. The van der Waals surface area contributed by atoms with E-state index in [1.165, 1.54) is 0 Å². The normalized spacial score (nSPS) is 11.6. The Kier molecular flexibility index (Phi) is 5.30. The lowest BCUT2D eigenvalue weighted by atomic mass is 10.2.